The fourth-order valence-electron chi connectivity index (χ4n) is 3.80. The lowest BCUT2D eigenvalue weighted by molar-refractivity contribution is -1.02. The van der Waals surface area contributed by atoms with Crippen LogP contribution < -0.4 is 15.4 Å². The molecule has 0 amide bonds. The van der Waals surface area contributed by atoms with Gasteiger partial charge in [0.25, 0.3) is 5.56 Å². The Morgan fingerprint density at radius 3 is 2.38 bits per heavy atom. The first-order valence-corrected chi connectivity index (χ1v) is 9.37. The minimum Gasteiger partial charge on any atom is -0.322 e. The second-order valence-electron chi connectivity index (χ2n) is 7.36. The predicted molar refractivity (Wildman–Crippen MR) is 101 cm³/mol. The van der Waals surface area contributed by atoms with Crippen molar-refractivity contribution in [2.24, 2.45) is 0 Å². The van der Waals surface area contributed by atoms with Crippen LogP contribution in [0.5, 0.6) is 0 Å². The molecule has 2 N–H and O–H groups in total. The predicted octanol–water partition coefficient (Wildman–Crippen LogP) is -0.513. The van der Waals surface area contributed by atoms with Crippen LogP contribution in [0.4, 0.5) is 0 Å². The summed E-state index contributed by atoms with van der Waals surface area (Å²) in [6.07, 6.45) is 1.85. The number of hydrogen-bond acceptors (Lipinski definition) is 2. The molecule has 0 saturated carbocycles. The summed E-state index contributed by atoms with van der Waals surface area (Å²) < 4.78 is 1.64. The normalized spacial score (nSPS) is 20.3. The van der Waals surface area contributed by atoms with E-state index in [-0.39, 0.29) is 5.56 Å². The number of quaternary nitrogens is 2. The van der Waals surface area contributed by atoms with E-state index in [4.69, 9.17) is 4.98 Å². The van der Waals surface area contributed by atoms with Crippen LogP contribution in [0.3, 0.4) is 0 Å². The minimum atomic E-state index is 0.0152. The Morgan fingerprint density at radius 1 is 0.962 bits per heavy atom. The maximum absolute atomic E-state index is 12.4. The molecule has 1 aliphatic rings. The van der Waals surface area contributed by atoms with Crippen LogP contribution in [-0.4, -0.2) is 35.6 Å². The van der Waals surface area contributed by atoms with Gasteiger partial charge in [-0.2, -0.15) is 0 Å². The number of rotatable bonds is 4. The molecule has 26 heavy (non-hydrogen) atoms. The average molecular weight is 350 g/mol. The Labute approximate surface area is 153 Å². The highest BCUT2D eigenvalue weighted by Crippen LogP contribution is 2.02. The highest BCUT2D eigenvalue weighted by Gasteiger charge is 2.23. The highest BCUT2D eigenvalue weighted by molar-refractivity contribution is 5.39. The van der Waals surface area contributed by atoms with Crippen LogP contribution in [0.15, 0.2) is 59.5 Å². The minimum absolute atomic E-state index is 0.0152. The smallest absolute Gasteiger partial charge is 0.258 e. The monoisotopic (exact) mass is 350 g/mol. The molecule has 134 valence electrons. The lowest BCUT2D eigenvalue weighted by Gasteiger charge is -2.29. The van der Waals surface area contributed by atoms with Gasteiger partial charge >= 0.3 is 0 Å². The van der Waals surface area contributed by atoms with Crippen molar-refractivity contribution in [2.75, 3.05) is 26.2 Å². The number of aromatic nitrogens is 2. The molecule has 0 atom stereocenters. The van der Waals surface area contributed by atoms with Crippen molar-refractivity contribution >= 4 is 5.65 Å². The maximum atomic E-state index is 12.4. The third-order valence-corrected chi connectivity index (χ3v) is 5.25. The summed E-state index contributed by atoms with van der Waals surface area (Å²) >= 11 is 0. The van der Waals surface area contributed by atoms with E-state index in [1.165, 1.54) is 10.5 Å². The summed E-state index contributed by atoms with van der Waals surface area (Å²) in [5.41, 5.74) is 4.13. The number of aryl methyl sites for hydroxylation is 1. The van der Waals surface area contributed by atoms with Crippen molar-refractivity contribution in [3.05, 3.63) is 81.9 Å². The molecule has 0 unspecified atom stereocenters. The summed E-state index contributed by atoms with van der Waals surface area (Å²) in [4.78, 5) is 20.2. The van der Waals surface area contributed by atoms with E-state index in [9.17, 15) is 4.79 Å². The van der Waals surface area contributed by atoms with E-state index in [0.29, 0.717) is 0 Å². The van der Waals surface area contributed by atoms with E-state index >= 15 is 0 Å². The largest absolute Gasteiger partial charge is 0.322 e. The Balaban J connectivity index is 1.39. The van der Waals surface area contributed by atoms with Gasteiger partial charge in [-0.3, -0.25) is 9.20 Å². The summed E-state index contributed by atoms with van der Waals surface area (Å²) in [5, 5.41) is 0. The van der Waals surface area contributed by atoms with E-state index in [1.807, 2.05) is 25.3 Å². The molecule has 0 aliphatic carbocycles. The average Bonchev–Trinajstić information content (AvgIpc) is 2.65. The number of benzene rings is 1. The molecule has 3 heterocycles. The number of fused-ring (bicyclic) bond motifs is 1. The van der Waals surface area contributed by atoms with E-state index in [1.54, 1.807) is 15.4 Å². The van der Waals surface area contributed by atoms with Gasteiger partial charge in [-0.05, 0) is 18.6 Å². The number of piperazine rings is 1. The zero-order valence-corrected chi connectivity index (χ0v) is 15.2. The Hall–Kier alpha value is -2.50. The molecule has 1 aliphatic heterocycles. The van der Waals surface area contributed by atoms with Crippen molar-refractivity contribution < 1.29 is 9.80 Å². The number of pyridine rings is 1. The van der Waals surface area contributed by atoms with Crippen LogP contribution in [-0.2, 0) is 13.1 Å². The van der Waals surface area contributed by atoms with Gasteiger partial charge in [-0.25, -0.2) is 4.98 Å². The molecule has 0 bridgehead atoms. The van der Waals surface area contributed by atoms with Crippen molar-refractivity contribution in [1.82, 2.24) is 9.38 Å². The Bertz CT molecular complexity index is 943. The van der Waals surface area contributed by atoms with Crippen molar-refractivity contribution in [2.45, 2.75) is 20.0 Å². The topological polar surface area (TPSA) is 43.2 Å². The molecule has 0 spiro atoms. The first-order chi connectivity index (χ1) is 12.7. The van der Waals surface area contributed by atoms with Gasteiger partial charge in [0.2, 0.25) is 0 Å². The van der Waals surface area contributed by atoms with Crippen LogP contribution in [0.1, 0.15) is 16.8 Å². The van der Waals surface area contributed by atoms with E-state index in [2.05, 4.69) is 30.3 Å². The molecule has 2 aromatic heterocycles. The van der Waals surface area contributed by atoms with Crippen LogP contribution in [0.2, 0.25) is 0 Å². The van der Waals surface area contributed by atoms with Crippen molar-refractivity contribution in [1.29, 1.82) is 0 Å². The third-order valence-electron chi connectivity index (χ3n) is 5.25. The highest BCUT2D eigenvalue weighted by atomic mass is 16.1. The Morgan fingerprint density at radius 2 is 1.65 bits per heavy atom. The first-order valence-electron chi connectivity index (χ1n) is 9.37. The van der Waals surface area contributed by atoms with Crippen molar-refractivity contribution in [3.8, 4) is 0 Å². The summed E-state index contributed by atoms with van der Waals surface area (Å²) in [7, 11) is 0. The quantitative estimate of drug-likeness (QED) is 0.666. The molecule has 1 saturated heterocycles. The molecule has 0 radical (unpaired) electrons. The first kappa shape index (κ1) is 16.9. The molecule has 5 nitrogen and oxygen atoms in total. The van der Waals surface area contributed by atoms with Gasteiger partial charge < -0.3 is 9.80 Å². The van der Waals surface area contributed by atoms with Crippen molar-refractivity contribution in [3.63, 3.8) is 0 Å². The number of hydrogen-bond donors (Lipinski definition) is 2. The van der Waals surface area contributed by atoms with Crippen LogP contribution >= 0.6 is 0 Å². The van der Waals surface area contributed by atoms with Gasteiger partial charge in [0, 0.05) is 17.8 Å². The van der Waals surface area contributed by atoms with E-state index < -0.39 is 0 Å². The second kappa shape index (κ2) is 7.40. The summed E-state index contributed by atoms with van der Waals surface area (Å²) in [6.45, 7) is 8.49. The maximum Gasteiger partial charge on any atom is 0.258 e. The molecule has 5 heteroatoms. The van der Waals surface area contributed by atoms with Crippen LogP contribution in [0, 0.1) is 6.92 Å². The standard InChI is InChI=1S/C21H24N4O/c1-17-7-8-20-22-19(13-21(26)25(20)14-17)16-24-11-9-23(10-12-24)15-18-5-3-2-4-6-18/h2-8,13-14H,9-12,15-16H2,1H3/p+2. The van der Waals surface area contributed by atoms with E-state index in [0.717, 1.165) is 56.2 Å². The molecule has 4 rings (SSSR count). The number of nitrogens with one attached hydrogen (secondary N) is 2. The Kier molecular flexibility index (Phi) is 4.82. The van der Waals surface area contributed by atoms with Gasteiger partial charge in [0.05, 0.1) is 0 Å². The lowest BCUT2D eigenvalue weighted by Crippen LogP contribution is -3.27. The fraction of sp³-hybridized carbons (Fsp3) is 0.333. The van der Waals surface area contributed by atoms with Gasteiger partial charge in [-0.15, -0.1) is 0 Å². The SMILES string of the molecule is Cc1ccc2nc(C[NH+]3CC[NH+](Cc4ccccc4)CC3)cc(=O)n2c1. The molecular formula is C21H26N4O+2. The van der Waals surface area contributed by atoms with Gasteiger partial charge in [0.15, 0.2) is 0 Å². The molecule has 3 aromatic rings. The zero-order valence-electron chi connectivity index (χ0n) is 15.2. The second-order valence-corrected chi connectivity index (χ2v) is 7.36. The molecule has 1 fully saturated rings. The summed E-state index contributed by atoms with van der Waals surface area (Å²) in [6, 6.07) is 16.3. The molecular weight excluding hydrogens is 324 g/mol. The van der Waals surface area contributed by atoms with Gasteiger partial charge in [-0.1, -0.05) is 36.4 Å². The molecule has 1 aromatic carbocycles. The van der Waals surface area contributed by atoms with Gasteiger partial charge in [0.1, 0.15) is 50.6 Å². The fourth-order valence-corrected chi connectivity index (χ4v) is 3.80. The third kappa shape index (κ3) is 3.84. The summed E-state index contributed by atoms with van der Waals surface area (Å²) in [5.74, 6) is 0. The zero-order chi connectivity index (χ0) is 17.9. The van der Waals surface area contributed by atoms with Crippen LogP contribution in [0.25, 0.3) is 5.65 Å². The lowest BCUT2D eigenvalue weighted by atomic mass is 10.2. The number of nitrogens with zero attached hydrogens (tertiary/aromatic N) is 2.